The molecule has 0 radical (unpaired) electrons. The van der Waals surface area contributed by atoms with Crippen molar-refractivity contribution in [3.8, 4) is 5.75 Å². The molecule has 2 rings (SSSR count). The summed E-state index contributed by atoms with van der Waals surface area (Å²) in [5.74, 6) is 0.171. The number of aryl methyl sites for hydroxylation is 2. The summed E-state index contributed by atoms with van der Waals surface area (Å²) >= 11 is 0. The minimum Gasteiger partial charge on any atom is -0.493 e. The lowest BCUT2D eigenvalue weighted by Crippen LogP contribution is -2.16. The van der Waals surface area contributed by atoms with Crippen LogP contribution in [0.4, 0.5) is 0 Å². The lowest BCUT2D eigenvalue weighted by molar-refractivity contribution is -0.136. The molecule has 0 saturated heterocycles. The normalized spacial score (nSPS) is 10.5. The molecular formula is C16H18N2O4. The lowest BCUT2D eigenvalue weighted by atomic mass is 10.1. The molecule has 6 heteroatoms. The van der Waals surface area contributed by atoms with Gasteiger partial charge in [0.05, 0.1) is 18.7 Å². The van der Waals surface area contributed by atoms with E-state index in [1.165, 1.54) is 6.07 Å². The van der Waals surface area contributed by atoms with E-state index < -0.39 is 5.97 Å². The number of H-pyrrole nitrogens is 1. The first-order valence-corrected chi connectivity index (χ1v) is 6.94. The molecule has 0 saturated carbocycles. The number of hydrogen-bond acceptors (Lipinski definition) is 4. The van der Waals surface area contributed by atoms with Gasteiger partial charge in [0.25, 0.3) is 5.56 Å². The zero-order chi connectivity index (χ0) is 16.1. The number of carbonyl (C=O) groups is 1. The number of carboxylic acid groups (broad SMARTS) is 1. The van der Waals surface area contributed by atoms with Gasteiger partial charge >= 0.3 is 5.97 Å². The summed E-state index contributed by atoms with van der Waals surface area (Å²) in [6.45, 7) is 4.34. The fraction of sp³-hybridized carbons (Fsp3) is 0.312. The van der Waals surface area contributed by atoms with Gasteiger partial charge in [0.1, 0.15) is 11.6 Å². The summed E-state index contributed by atoms with van der Waals surface area (Å²) in [6.07, 6.45) is 0.130. The molecule has 6 nitrogen and oxygen atoms in total. The van der Waals surface area contributed by atoms with Crippen LogP contribution in [0.2, 0.25) is 0 Å². The summed E-state index contributed by atoms with van der Waals surface area (Å²) in [5, 5.41) is 8.75. The highest BCUT2D eigenvalue weighted by atomic mass is 16.5. The SMILES string of the molecule is Cc1cc(C)cc(OCCc2nc(CC(=O)O)cc(=O)[nH]2)c1. The molecule has 0 bridgehead atoms. The molecule has 1 aromatic heterocycles. The second-order valence-corrected chi connectivity index (χ2v) is 5.18. The van der Waals surface area contributed by atoms with Gasteiger partial charge in [-0.2, -0.15) is 0 Å². The molecule has 1 aromatic carbocycles. The number of benzene rings is 1. The molecule has 116 valence electrons. The van der Waals surface area contributed by atoms with Gasteiger partial charge in [0.15, 0.2) is 0 Å². The molecule has 2 aromatic rings. The predicted molar refractivity (Wildman–Crippen MR) is 81.3 cm³/mol. The standard InChI is InChI=1S/C16H18N2O4/c1-10-5-11(2)7-13(6-10)22-4-3-14-17-12(9-16(20)21)8-15(19)18-14/h5-8H,3-4,9H2,1-2H3,(H,20,21)(H,17,18,19). The van der Waals surface area contributed by atoms with E-state index in [4.69, 9.17) is 9.84 Å². The summed E-state index contributed by atoms with van der Waals surface area (Å²) in [5.41, 5.74) is 2.13. The Labute approximate surface area is 127 Å². The van der Waals surface area contributed by atoms with Gasteiger partial charge in [-0.25, -0.2) is 4.98 Å². The third kappa shape index (κ3) is 4.73. The van der Waals surface area contributed by atoms with E-state index in [0.717, 1.165) is 16.9 Å². The Bertz CT molecular complexity index is 717. The summed E-state index contributed by atoms with van der Waals surface area (Å²) in [7, 11) is 0. The van der Waals surface area contributed by atoms with Crippen LogP contribution in [-0.2, 0) is 17.6 Å². The van der Waals surface area contributed by atoms with E-state index in [9.17, 15) is 9.59 Å². The lowest BCUT2D eigenvalue weighted by Gasteiger charge is -2.08. The predicted octanol–water partition coefficient (Wildman–Crippen LogP) is 1.64. The topological polar surface area (TPSA) is 92.3 Å². The molecule has 0 atom stereocenters. The summed E-state index contributed by atoms with van der Waals surface area (Å²) < 4.78 is 5.65. The third-order valence-electron chi connectivity index (χ3n) is 2.98. The second-order valence-electron chi connectivity index (χ2n) is 5.18. The maximum absolute atomic E-state index is 11.5. The van der Waals surface area contributed by atoms with Crippen molar-refractivity contribution in [1.82, 2.24) is 9.97 Å². The van der Waals surface area contributed by atoms with Crippen LogP contribution in [0.15, 0.2) is 29.1 Å². The zero-order valence-electron chi connectivity index (χ0n) is 12.5. The van der Waals surface area contributed by atoms with Gasteiger partial charge in [0.2, 0.25) is 0 Å². The molecule has 0 amide bonds. The Kier molecular flexibility index (Phi) is 4.93. The van der Waals surface area contributed by atoms with Crippen LogP contribution in [0.25, 0.3) is 0 Å². The van der Waals surface area contributed by atoms with Crippen molar-refractivity contribution < 1.29 is 14.6 Å². The van der Waals surface area contributed by atoms with Gasteiger partial charge in [-0.05, 0) is 37.1 Å². The average molecular weight is 302 g/mol. The van der Waals surface area contributed by atoms with E-state index in [0.29, 0.717) is 18.9 Å². The van der Waals surface area contributed by atoms with Gasteiger partial charge in [-0.1, -0.05) is 6.07 Å². The molecule has 0 spiro atoms. The highest BCUT2D eigenvalue weighted by Gasteiger charge is 2.06. The molecule has 0 fully saturated rings. The zero-order valence-corrected chi connectivity index (χ0v) is 12.5. The highest BCUT2D eigenvalue weighted by molar-refractivity contribution is 5.69. The van der Waals surface area contributed by atoms with E-state index in [2.05, 4.69) is 16.0 Å². The van der Waals surface area contributed by atoms with Crippen molar-refractivity contribution in [2.75, 3.05) is 6.61 Å². The van der Waals surface area contributed by atoms with Crippen molar-refractivity contribution >= 4 is 5.97 Å². The van der Waals surface area contributed by atoms with Gasteiger partial charge in [0, 0.05) is 12.5 Å². The van der Waals surface area contributed by atoms with Crippen LogP contribution in [-0.4, -0.2) is 27.7 Å². The minimum absolute atomic E-state index is 0.248. The van der Waals surface area contributed by atoms with Gasteiger partial charge in [-0.3, -0.25) is 9.59 Å². The molecule has 0 aliphatic heterocycles. The quantitative estimate of drug-likeness (QED) is 0.846. The van der Waals surface area contributed by atoms with Crippen molar-refractivity contribution in [2.45, 2.75) is 26.7 Å². The van der Waals surface area contributed by atoms with E-state index in [1.54, 1.807) is 0 Å². The smallest absolute Gasteiger partial charge is 0.309 e. The van der Waals surface area contributed by atoms with Crippen LogP contribution in [0.3, 0.4) is 0 Å². The van der Waals surface area contributed by atoms with Crippen LogP contribution < -0.4 is 10.3 Å². The fourth-order valence-electron chi connectivity index (χ4n) is 2.21. The number of aromatic amines is 1. The Balaban J connectivity index is 2.00. The van der Waals surface area contributed by atoms with E-state index in [-0.39, 0.29) is 17.7 Å². The Morgan fingerprint density at radius 1 is 1.23 bits per heavy atom. The van der Waals surface area contributed by atoms with Crippen LogP contribution >= 0.6 is 0 Å². The maximum Gasteiger partial charge on any atom is 0.309 e. The number of aliphatic carboxylic acids is 1. The van der Waals surface area contributed by atoms with Crippen LogP contribution in [0.5, 0.6) is 5.75 Å². The molecule has 0 aliphatic rings. The van der Waals surface area contributed by atoms with Crippen LogP contribution in [0, 0.1) is 13.8 Å². The van der Waals surface area contributed by atoms with Gasteiger partial charge in [-0.15, -0.1) is 0 Å². The molecular weight excluding hydrogens is 284 g/mol. The fourth-order valence-corrected chi connectivity index (χ4v) is 2.21. The molecule has 2 N–H and O–H groups in total. The molecule has 0 unspecified atom stereocenters. The van der Waals surface area contributed by atoms with Crippen LogP contribution in [0.1, 0.15) is 22.6 Å². The Hall–Kier alpha value is -2.63. The van der Waals surface area contributed by atoms with Crippen molar-refractivity contribution in [3.63, 3.8) is 0 Å². The number of ether oxygens (including phenoxy) is 1. The first kappa shape index (κ1) is 15.8. The monoisotopic (exact) mass is 302 g/mol. The molecule has 0 aliphatic carbocycles. The number of hydrogen-bond donors (Lipinski definition) is 2. The minimum atomic E-state index is -1.02. The van der Waals surface area contributed by atoms with Gasteiger partial charge < -0.3 is 14.8 Å². The number of nitrogens with zero attached hydrogens (tertiary/aromatic N) is 1. The number of carboxylic acids is 1. The molecule has 22 heavy (non-hydrogen) atoms. The van der Waals surface area contributed by atoms with Crippen molar-refractivity contribution in [3.05, 3.63) is 57.3 Å². The van der Waals surface area contributed by atoms with Crippen molar-refractivity contribution in [1.29, 1.82) is 0 Å². The van der Waals surface area contributed by atoms with E-state index >= 15 is 0 Å². The second kappa shape index (κ2) is 6.89. The largest absolute Gasteiger partial charge is 0.493 e. The summed E-state index contributed by atoms with van der Waals surface area (Å²) in [4.78, 5) is 28.9. The number of aromatic nitrogens is 2. The first-order valence-electron chi connectivity index (χ1n) is 6.94. The summed E-state index contributed by atoms with van der Waals surface area (Å²) in [6, 6.07) is 7.12. The van der Waals surface area contributed by atoms with Crippen molar-refractivity contribution in [2.24, 2.45) is 0 Å². The first-order chi connectivity index (χ1) is 10.4. The maximum atomic E-state index is 11.5. The Morgan fingerprint density at radius 3 is 2.55 bits per heavy atom. The number of nitrogens with one attached hydrogen (secondary N) is 1. The number of rotatable bonds is 6. The van der Waals surface area contributed by atoms with E-state index in [1.807, 2.05) is 26.0 Å². The molecule has 1 heterocycles. The highest BCUT2D eigenvalue weighted by Crippen LogP contribution is 2.16. The Morgan fingerprint density at radius 2 is 1.91 bits per heavy atom. The average Bonchev–Trinajstić information content (AvgIpc) is 2.35. The third-order valence-corrected chi connectivity index (χ3v) is 2.98.